The fourth-order valence-electron chi connectivity index (χ4n) is 2.94. The molecule has 1 aromatic carbocycles. The fraction of sp³-hybridized carbons (Fsp3) is 0.235. The van der Waals surface area contributed by atoms with Crippen LogP contribution >= 0.6 is 0 Å². The molecule has 1 aliphatic rings. The minimum atomic E-state index is -0.133. The highest BCUT2D eigenvalue weighted by atomic mass is 16.1. The van der Waals surface area contributed by atoms with E-state index in [0.717, 1.165) is 48.8 Å². The molecule has 6 heteroatoms. The van der Waals surface area contributed by atoms with Gasteiger partial charge in [-0.2, -0.15) is 0 Å². The summed E-state index contributed by atoms with van der Waals surface area (Å²) in [7, 11) is 0. The number of amides is 1. The number of nitrogens with zero attached hydrogens (tertiary/aromatic N) is 3. The van der Waals surface area contributed by atoms with E-state index in [-0.39, 0.29) is 5.91 Å². The molecule has 4 rings (SSSR count). The summed E-state index contributed by atoms with van der Waals surface area (Å²) < 4.78 is 2.10. The van der Waals surface area contributed by atoms with Crippen LogP contribution in [-0.2, 0) is 13.0 Å². The number of carbonyl (C=O) groups excluding carboxylic acids is 1. The summed E-state index contributed by atoms with van der Waals surface area (Å²) in [4.78, 5) is 24.2. The molecule has 1 amide bonds. The lowest BCUT2D eigenvalue weighted by Gasteiger charge is -2.16. The summed E-state index contributed by atoms with van der Waals surface area (Å²) in [5.41, 5.74) is 1.49. The van der Waals surface area contributed by atoms with Crippen LogP contribution in [0.3, 0.4) is 0 Å². The molecule has 0 saturated carbocycles. The average Bonchev–Trinajstić information content (AvgIpc) is 3.25. The Balaban J connectivity index is 1.58. The van der Waals surface area contributed by atoms with E-state index in [4.69, 9.17) is 0 Å². The molecule has 0 atom stereocenters. The van der Waals surface area contributed by atoms with Gasteiger partial charge in [0.15, 0.2) is 0 Å². The molecule has 0 bridgehead atoms. The number of aromatic nitrogens is 4. The molecule has 0 saturated heterocycles. The van der Waals surface area contributed by atoms with E-state index in [1.165, 1.54) is 0 Å². The highest BCUT2D eigenvalue weighted by Crippen LogP contribution is 2.21. The summed E-state index contributed by atoms with van der Waals surface area (Å²) in [5.74, 6) is 2.44. The van der Waals surface area contributed by atoms with Crippen LogP contribution in [0.25, 0.3) is 11.4 Å². The van der Waals surface area contributed by atoms with Crippen molar-refractivity contribution < 1.29 is 4.79 Å². The fourth-order valence-corrected chi connectivity index (χ4v) is 2.94. The summed E-state index contributed by atoms with van der Waals surface area (Å²) in [6.07, 6.45) is 8.47. The van der Waals surface area contributed by atoms with Crippen LogP contribution < -0.4 is 5.32 Å². The van der Waals surface area contributed by atoms with E-state index in [9.17, 15) is 4.79 Å². The van der Waals surface area contributed by atoms with Gasteiger partial charge in [-0.15, -0.1) is 0 Å². The zero-order valence-electron chi connectivity index (χ0n) is 12.6. The van der Waals surface area contributed by atoms with Gasteiger partial charge in [-0.05, 0) is 25.0 Å². The van der Waals surface area contributed by atoms with Gasteiger partial charge in [0.25, 0.3) is 5.91 Å². The number of hydrogen-bond donors (Lipinski definition) is 2. The molecule has 0 aliphatic carbocycles. The van der Waals surface area contributed by atoms with E-state index in [2.05, 4.69) is 24.8 Å². The zero-order valence-corrected chi connectivity index (χ0v) is 12.6. The molecule has 3 heterocycles. The van der Waals surface area contributed by atoms with E-state index >= 15 is 0 Å². The Morgan fingerprint density at radius 2 is 2.22 bits per heavy atom. The second-order valence-corrected chi connectivity index (χ2v) is 5.64. The standard InChI is InChI=1S/C17H17N5O/c23-17(21-15-11-20-14-6-1-2-9-22(14)15)13-5-3-4-12(10-13)16-18-7-8-19-16/h3-5,7-8,10-11H,1-2,6,9H2,(H,18,19)(H,21,23). The van der Waals surface area contributed by atoms with Crippen molar-refractivity contribution in [2.24, 2.45) is 0 Å². The number of fused-ring (bicyclic) bond motifs is 1. The predicted molar refractivity (Wildman–Crippen MR) is 87.1 cm³/mol. The SMILES string of the molecule is O=C(Nc1cnc2n1CCCC2)c1cccc(-c2ncc[nH]2)c1. The van der Waals surface area contributed by atoms with Crippen molar-refractivity contribution in [3.8, 4) is 11.4 Å². The van der Waals surface area contributed by atoms with E-state index in [1.54, 1.807) is 24.7 Å². The second kappa shape index (κ2) is 5.72. The number of H-pyrrole nitrogens is 1. The van der Waals surface area contributed by atoms with Crippen molar-refractivity contribution in [2.45, 2.75) is 25.8 Å². The van der Waals surface area contributed by atoms with Crippen LogP contribution in [-0.4, -0.2) is 25.4 Å². The monoisotopic (exact) mass is 307 g/mol. The van der Waals surface area contributed by atoms with Gasteiger partial charge in [-0.3, -0.25) is 4.79 Å². The first-order valence-electron chi connectivity index (χ1n) is 7.77. The highest BCUT2D eigenvalue weighted by Gasteiger charge is 2.16. The minimum Gasteiger partial charge on any atom is -0.345 e. The molecule has 116 valence electrons. The lowest BCUT2D eigenvalue weighted by Crippen LogP contribution is -2.18. The zero-order chi connectivity index (χ0) is 15.6. The number of imidazole rings is 2. The molecular formula is C17H17N5O. The molecule has 2 N–H and O–H groups in total. The topological polar surface area (TPSA) is 75.6 Å². The third-order valence-corrected chi connectivity index (χ3v) is 4.11. The number of carbonyl (C=O) groups is 1. The van der Waals surface area contributed by atoms with Crippen LogP contribution in [0, 0.1) is 0 Å². The van der Waals surface area contributed by atoms with Gasteiger partial charge in [0.1, 0.15) is 17.5 Å². The Hall–Kier alpha value is -2.89. The average molecular weight is 307 g/mol. The molecule has 0 fully saturated rings. The summed E-state index contributed by atoms with van der Waals surface area (Å²) in [6, 6.07) is 7.42. The third kappa shape index (κ3) is 2.63. The van der Waals surface area contributed by atoms with Crippen molar-refractivity contribution >= 4 is 11.7 Å². The summed E-state index contributed by atoms with van der Waals surface area (Å²) >= 11 is 0. The number of nitrogens with one attached hydrogen (secondary N) is 2. The van der Waals surface area contributed by atoms with Gasteiger partial charge in [-0.25, -0.2) is 9.97 Å². The van der Waals surface area contributed by atoms with Crippen LogP contribution in [0.15, 0.2) is 42.9 Å². The van der Waals surface area contributed by atoms with E-state index in [0.29, 0.717) is 5.56 Å². The Labute approximate surface area is 133 Å². The Kier molecular flexibility index (Phi) is 3.42. The van der Waals surface area contributed by atoms with Gasteiger partial charge >= 0.3 is 0 Å². The number of rotatable bonds is 3. The van der Waals surface area contributed by atoms with Gasteiger partial charge < -0.3 is 14.9 Å². The molecule has 23 heavy (non-hydrogen) atoms. The van der Waals surface area contributed by atoms with E-state index in [1.807, 2.05) is 18.2 Å². The lowest BCUT2D eigenvalue weighted by atomic mass is 10.1. The molecule has 0 radical (unpaired) electrons. The molecule has 0 spiro atoms. The molecule has 0 unspecified atom stereocenters. The van der Waals surface area contributed by atoms with Crippen molar-refractivity contribution in [1.82, 2.24) is 19.5 Å². The summed E-state index contributed by atoms with van der Waals surface area (Å²) in [5, 5.41) is 2.97. The number of aryl methyl sites for hydroxylation is 1. The van der Waals surface area contributed by atoms with Crippen LogP contribution in [0.1, 0.15) is 29.0 Å². The molecule has 3 aromatic rings. The number of hydrogen-bond acceptors (Lipinski definition) is 3. The normalized spacial score (nSPS) is 13.6. The number of aromatic amines is 1. The molecule has 2 aromatic heterocycles. The Morgan fingerprint density at radius 3 is 3.09 bits per heavy atom. The maximum Gasteiger partial charge on any atom is 0.256 e. The molecular weight excluding hydrogens is 290 g/mol. The lowest BCUT2D eigenvalue weighted by molar-refractivity contribution is 0.102. The van der Waals surface area contributed by atoms with Crippen LogP contribution in [0.2, 0.25) is 0 Å². The predicted octanol–water partition coefficient (Wildman–Crippen LogP) is 2.86. The van der Waals surface area contributed by atoms with Crippen LogP contribution in [0.5, 0.6) is 0 Å². The number of anilines is 1. The highest BCUT2D eigenvalue weighted by molar-refractivity contribution is 6.04. The smallest absolute Gasteiger partial charge is 0.256 e. The minimum absolute atomic E-state index is 0.133. The van der Waals surface area contributed by atoms with Gasteiger partial charge in [0.2, 0.25) is 0 Å². The maximum atomic E-state index is 12.5. The van der Waals surface area contributed by atoms with Gasteiger partial charge in [0.05, 0.1) is 6.20 Å². The van der Waals surface area contributed by atoms with Gasteiger partial charge in [-0.1, -0.05) is 12.1 Å². The second-order valence-electron chi connectivity index (χ2n) is 5.64. The van der Waals surface area contributed by atoms with Crippen LogP contribution in [0.4, 0.5) is 5.82 Å². The van der Waals surface area contributed by atoms with E-state index < -0.39 is 0 Å². The third-order valence-electron chi connectivity index (χ3n) is 4.11. The molecule has 6 nitrogen and oxygen atoms in total. The van der Waals surface area contributed by atoms with Crippen molar-refractivity contribution in [3.05, 3.63) is 54.2 Å². The van der Waals surface area contributed by atoms with Gasteiger partial charge in [0, 0.05) is 36.5 Å². The first kappa shape index (κ1) is 13.8. The Bertz CT molecular complexity index is 835. The quantitative estimate of drug-likeness (QED) is 0.781. The first-order chi connectivity index (χ1) is 11.3. The van der Waals surface area contributed by atoms with Crippen molar-refractivity contribution in [2.75, 3.05) is 5.32 Å². The molecule has 1 aliphatic heterocycles. The number of benzene rings is 1. The first-order valence-corrected chi connectivity index (χ1v) is 7.77. The maximum absolute atomic E-state index is 12.5. The van der Waals surface area contributed by atoms with Crippen molar-refractivity contribution in [3.63, 3.8) is 0 Å². The Morgan fingerprint density at radius 1 is 1.26 bits per heavy atom. The van der Waals surface area contributed by atoms with Crippen molar-refractivity contribution in [1.29, 1.82) is 0 Å². The summed E-state index contributed by atoms with van der Waals surface area (Å²) in [6.45, 7) is 0.914. The largest absolute Gasteiger partial charge is 0.345 e.